The van der Waals surface area contributed by atoms with E-state index >= 15 is 0 Å². The zero-order chi connectivity index (χ0) is 12.1. The summed E-state index contributed by atoms with van der Waals surface area (Å²) in [7, 11) is 0. The fourth-order valence-corrected chi connectivity index (χ4v) is 2.35. The first-order valence-corrected chi connectivity index (χ1v) is 6.41. The molecule has 3 heteroatoms. The van der Waals surface area contributed by atoms with E-state index in [1.165, 1.54) is 5.56 Å². The van der Waals surface area contributed by atoms with Gasteiger partial charge in [0.15, 0.2) is 0 Å². The molecule has 1 saturated heterocycles. The number of ether oxygens (including phenoxy) is 1. The monoisotopic (exact) mass is 234 g/mol. The minimum atomic E-state index is 0.0781. The van der Waals surface area contributed by atoms with Crippen molar-refractivity contribution in [3.05, 3.63) is 35.9 Å². The first-order chi connectivity index (χ1) is 8.29. The molecule has 0 spiro atoms. The maximum atomic E-state index is 6.34. The van der Waals surface area contributed by atoms with E-state index < -0.39 is 0 Å². The summed E-state index contributed by atoms with van der Waals surface area (Å²) in [6.45, 7) is 5.99. The highest BCUT2D eigenvalue weighted by atomic mass is 16.5. The second-order valence-corrected chi connectivity index (χ2v) is 4.68. The van der Waals surface area contributed by atoms with Crippen LogP contribution < -0.4 is 5.73 Å². The number of hydrogen-bond donors (Lipinski definition) is 1. The van der Waals surface area contributed by atoms with Crippen molar-refractivity contribution in [1.82, 2.24) is 4.90 Å². The Morgan fingerprint density at radius 1 is 1.18 bits per heavy atom. The minimum Gasteiger partial charge on any atom is -0.380 e. The SMILES string of the molecule is CC(C(N)c1ccccc1)N1CCCOCC1. The van der Waals surface area contributed by atoms with E-state index in [4.69, 9.17) is 10.5 Å². The first kappa shape index (κ1) is 12.6. The van der Waals surface area contributed by atoms with Gasteiger partial charge in [0.1, 0.15) is 0 Å². The first-order valence-electron chi connectivity index (χ1n) is 6.41. The zero-order valence-corrected chi connectivity index (χ0v) is 10.5. The van der Waals surface area contributed by atoms with Crippen molar-refractivity contribution in [1.29, 1.82) is 0 Å². The van der Waals surface area contributed by atoms with E-state index in [2.05, 4.69) is 24.0 Å². The van der Waals surface area contributed by atoms with Gasteiger partial charge in [-0.1, -0.05) is 30.3 Å². The van der Waals surface area contributed by atoms with Crippen molar-refractivity contribution in [3.8, 4) is 0 Å². The Morgan fingerprint density at radius 3 is 2.71 bits per heavy atom. The largest absolute Gasteiger partial charge is 0.380 e. The summed E-state index contributed by atoms with van der Waals surface area (Å²) in [5.41, 5.74) is 7.55. The predicted molar refractivity (Wildman–Crippen MR) is 69.8 cm³/mol. The summed E-state index contributed by atoms with van der Waals surface area (Å²) in [5, 5.41) is 0. The smallest absolute Gasteiger partial charge is 0.0593 e. The van der Waals surface area contributed by atoms with Crippen molar-refractivity contribution in [3.63, 3.8) is 0 Å². The van der Waals surface area contributed by atoms with Crippen LogP contribution in [0.15, 0.2) is 30.3 Å². The van der Waals surface area contributed by atoms with Crippen LogP contribution in [0, 0.1) is 0 Å². The van der Waals surface area contributed by atoms with Crippen molar-refractivity contribution in [2.75, 3.05) is 26.3 Å². The van der Waals surface area contributed by atoms with Gasteiger partial charge in [-0.2, -0.15) is 0 Å². The molecule has 2 atom stereocenters. The Hall–Kier alpha value is -0.900. The van der Waals surface area contributed by atoms with Gasteiger partial charge >= 0.3 is 0 Å². The lowest BCUT2D eigenvalue weighted by molar-refractivity contribution is 0.129. The molecule has 94 valence electrons. The van der Waals surface area contributed by atoms with E-state index in [1.54, 1.807) is 0 Å². The summed E-state index contributed by atoms with van der Waals surface area (Å²) in [6.07, 6.45) is 1.10. The highest BCUT2D eigenvalue weighted by molar-refractivity contribution is 5.19. The molecule has 0 bridgehead atoms. The molecule has 2 N–H and O–H groups in total. The molecular weight excluding hydrogens is 212 g/mol. The molecule has 2 unspecified atom stereocenters. The third kappa shape index (κ3) is 3.28. The molecule has 0 aliphatic carbocycles. The summed E-state index contributed by atoms with van der Waals surface area (Å²) in [5.74, 6) is 0. The number of benzene rings is 1. The number of rotatable bonds is 3. The Labute approximate surface area is 104 Å². The third-order valence-electron chi connectivity index (χ3n) is 3.54. The molecule has 1 heterocycles. The van der Waals surface area contributed by atoms with E-state index in [1.807, 2.05) is 18.2 Å². The van der Waals surface area contributed by atoms with Crippen molar-refractivity contribution >= 4 is 0 Å². The maximum Gasteiger partial charge on any atom is 0.0593 e. The fraction of sp³-hybridized carbons (Fsp3) is 0.571. The van der Waals surface area contributed by atoms with Crippen molar-refractivity contribution in [2.45, 2.75) is 25.4 Å². The number of hydrogen-bond acceptors (Lipinski definition) is 3. The topological polar surface area (TPSA) is 38.5 Å². The Bertz CT molecular complexity index is 320. The van der Waals surface area contributed by atoms with Gasteiger partial charge in [-0.15, -0.1) is 0 Å². The third-order valence-corrected chi connectivity index (χ3v) is 3.54. The fourth-order valence-electron chi connectivity index (χ4n) is 2.35. The van der Waals surface area contributed by atoms with Crippen LogP contribution in [0.1, 0.15) is 24.9 Å². The van der Waals surface area contributed by atoms with Gasteiger partial charge in [0.25, 0.3) is 0 Å². The van der Waals surface area contributed by atoms with Crippen LogP contribution in [0.4, 0.5) is 0 Å². The van der Waals surface area contributed by atoms with Crippen LogP contribution in [-0.2, 0) is 4.74 Å². The molecule has 2 rings (SSSR count). The van der Waals surface area contributed by atoms with E-state index in [0.29, 0.717) is 6.04 Å². The average Bonchev–Trinajstić information content (AvgIpc) is 2.67. The maximum absolute atomic E-state index is 6.34. The van der Waals surface area contributed by atoms with Crippen LogP contribution >= 0.6 is 0 Å². The van der Waals surface area contributed by atoms with Crippen LogP contribution in [0.3, 0.4) is 0 Å². The molecule has 17 heavy (non-hydrogen) atoms. The lowest BCUT2D eigenvalue weighted by Crippen LogP contribution is -2.42. The highest BCUT2D eigenvalue weighted by Crippen LogP contribution is 2.19. The summed E-state index contributed by atoms with van der Waals surface area (Å²) in [4.78, 5) is 2.44. The molecule has 0 amide bonds. The summed E-state index contributed by atoms with van der Waals surface area (Å²) >= 11 is 0. The van der Waals surface area contributed by atoms with Gasteiger partial charge < -0.3 is 10.5 Å². The number of nitrogens with two attached hydrogens (primary N) is 1. The van der Waals surface area contributed by atoms with Gasteiger partial charge in [-0.05, 0) is 18.9 Å². The molecule has 1 aromatic rings. The lowest BCUT2D eigenvalue weighted by atomic mass is 10.00. The molecule has 1 aliphatic rings. The molecule has 0 aromatic heterocycles. The molecular formula is C14H22N2O. The van der Waals surface area contributed by atoms with E-state index in [0.717, 1.165) is 32.7 Å². The molecule has 3 nitrogen and oxygen atoms in total. The second-order valence-electron chi connectivity index (χ2n) is 4.68. The Kier molecular flexibility index (Phi) is 4.54. The Balaban J connectivity index is 2.00. The zero-order valence-electron chi connectivity index (χ0n) is 10.5. The highest BCUT2D eigenvalue weighted by Gasteiger charge is 2.22. The molecule has 1 aromatic carbocycles. The van der Waals surface area contributed by atoms with Gasteiger partial charge in [0, 0.05) is 31.8 Å². The molecule has 1 fully saturated rings. The lowest BCUT2D eigenvalue weighted by Gasteiger charge is -2.31. The number of nitrogens with zero attached hydrogens (tertiary/aromatic N) is 1. The second kappa shape index (κ2) is 6.15. The van der Waals surface area contributed by atoms with Crippen LogP contribution in [0.5, 0.6) is 0 Å². The van der Waals surface area contributed by atoms with Crippen LogP contribution in [0.2, 0.25) is 0 Å². The average molecular weight is 234 g/mol. The normalized spacial score (nSPS) is 21.8. The van der Waals surface area contributed by atoms with Crippen LogP contribution in [-0.4, -0.2) is 37.2 Å². The molecule has 1 aliphatic heterocycles. The van der Waals surface area contributed by atoms with E-state index in [9.17, 15) is 0 Å². The molecule has 0 radical (unpaired) electrons. The van der Waals surface area contributed by atoms with Crippen LogP contribution in [0.25, 0.3) is 0 Å². The van der Waals surface area contributed by atoms with Gasteiger partial charge in [-0.3, -0.25) is 4.90 Å². The summed E-state index contributed by atoms with van der Waals surface area (Å²) < 4.78 is 5.48. The van der Waals surface area contributed by atoms with Crippen molar-refractivity contribution in [2.24, 2.45) is 5.73 Å². The molecule has 0 saturated carbocycles. The van der Waals surface area contributed by atoms with Gasteiger partial charge in [0.2, 0.25) is 0 Å². The minimum absolute atomic E-state index is 0.0781. The summed E-state index contributed by atoms with van der Waals surface area (Å²) in [6, 6.07) is 10.8. The van der Waals surface area contributed by atoms with Gasteiger partial charge in [0.05, 0.1) is 6.61 Å². The van der Waals surface area contributed by atoms with Crippen molar-refractivity contribution < 1.29 is 4.74 Å². The predicted octanol–water partition coefficient (Wildman–Crippen LogP) is 1.80. The van der Waals surface area contributed by atoms with E-state index in [-0.39, 0.29) is 6.04 Å². The quantitative estimate of drug-likeness (QED) is 0.866. The van der Waals surface area contributed by atoms with Gasteiger partial charge in [-0.25, -0.2) is 0 Å². The standard InChI is InChI=1S/C14H22N2O/c1-12(16-8-5-10-17-11-9-16)14(15)13-6-3-2-4-7-13/h2-4,6-7,12,14H,5,8-11,15H2,1H3. The Morgan fingerprint density at radius 2 is 1.94 bits per heavy atom.